The predicted molar refractivity (Wildman–Crippen MR) is 96.3 cm³/mol. The number of esters is 1. The van der Waals surface area contributed by atoms with Gasteiger partial charge in [0.15, 0.2) is 0 Å². The molecule has 0 radical (unpaired) electrons. The van der Waals surface area contributed by atoms with E-state index in [4.69, 9.17) is 0 Å². The summed E-state index contributed by atoms with van der Waals surface area (Å²) < 4.78 is 4.29. The van der Waals surface area contributed by atoms with Crippen LogP contribution in [0.2, 0.25) is 0 Å². The smallest absolute Gasteiger partial charge is 0.359 e. The topological polar surface area (TPSA) is 78.6 Å². The van der Waals surface area contributed by atoms with E-state index in [-0.39, 0.29) is 6.42 Å². The minimum Gasteiger partial charge on any atom is -0.359 e. The summed E-state index contributed by atoms with van der Waals surface area (Å²) in [4.78, 5) is 25.5. The van der Waals surface area contributed by atoms with E-state index < -0.39 is 12.1 Å². The van der Waals surface area contributed by atoms with E-state index in [0.717, 1.165) is 19.3 Å². The first-order chi connectivity index (χ1) is 11.7. The van der Waals surface area contributed by atoms with Gasteiger partial charge < -0.3 is 9.57 Å². The van der Waals surface area contributed by atoms with E-state index >= 15 is 0 Å². The van der Waals surface area contributed by atoms with Crippen molar-refractivity contribution in [2.45, 2.75) is 110 Å². The zero-order chi connectivity index (χ0) is 17.9. The quantitative estimate of drug-likeness (QED) is 0.166. The van der Waals surface area contributed by atoms with Gasteiger partial charge in [-0.3, -0.25) is 4.79 Å². The standard InChI is InChI=1S/C19H37NO4/c1-2-3-4-5-6-7-8-9-10-11-12-13-14-15-16-17-18(21)23-19(22)24-20/h2-17,20H2,1H3. The van der Waals surface area contributed by atoms with E-state index in [0.29, 0.717) is 0 Å². The van der Waals surface area contributed by atoms with Crippen LogP contribution in [0.15, 0.2) is 0 Å². The van der Waals surface area contributed by atoms with Crippen LogP contribution in [0.1, 0.15) is 110 Å². The van der Waals surface area contributed by atoms with Crippen molar-refractivity contribution in [1.29, 1.82) is 0 Å². The molecule has 0 saturated carbocycles. The number of hydrogen-bond acceptors (Lipinski definition) is 5. The van der Waals surface area contributed by atoms with Crippen LogP contribution in [0.3, 0.4) is 0 Å². The Labute approximate surface area is 147 Å². The number of nitrogens with two attached hydrogens (primary N) is 1. The molecule has 0 fully saturated rings. The monoisotopic (exact) mass is 343 g/mol. The summed E-state index contributed by atoms with van der Waals surface area (Å²) in [6.45, 7) is 2.26. The predicted octanol–water partition coefficient (Wildman–Crippen LogP) is 5.80. The van der Waals surface area contributed by atoms with Gasteiger partial charge in [0.2, 0.25) is 0 Å². The second kappa shape index (κ2) is 18.2. The van der Waals surface area contributed by atoms with Gasteiger partial charge in [-0.25, -0.2) is 4.79 Å². The number of ether oxygens (including phenoxy) is 1. The van der Waals surface area contributed by atoms with Gasteiger partial charge in [0.25, 0.3) is 0 Å². The summed E-state index contributed by atoms with van der Waals surface area (Å²) in [5.41, 5.74) is 0. The molecule has 2 N–H and O–H groups in total. The van der Waals surface area contributed by atoms with E-state index in [1.165, 1.54) is 77.0 Å². The van der Waals surface area contributed by atoms with E-state index in [1.807, 2.05) is 0 Å². The Kier molecular flexibility index (Phi) is 17.4. The molecule has 0 amide bonds. The van der Waals surface area contributed by atoms with Crippen LogP contribution in [-0.4, -0.2) is 12.1 Å². The van der Waals surface area contributed by atoms with Crippen molar-refractivity contribution < 1.29 is 19.2 Å². The molecule has 0 rings (SSSR count). The van der Waals surface area contributed by atoms with Crippen molar-refractivity contribution in [3.8, 4) is 0 Å². The highest BCUT2D eigenvalue weighted by atomic mass is 16.8. The molecule has 0 bridgehead atoms. The maximum atomic E-state index is 11.2. The number of hydrogen-bond donors (Lipinski definition) is 1. The molecule has 5 heteroatoms. The molecule has 0 atom stereocenters. The van der Waals surface area contributed by atoms with Gasteiger partial charge >= 0.3 is 12.1 Å². The molecule has 24 heavy (non-hydrogen) atoms. The molecular formula is C19H37NO4. The zero-order valence-corrected chi connectivity index (χ0v) is 15.5. The van der Waals surface area contributed by atoms with Gasteiger partial charge in [-0.05, 0) is 6.42 Å². The van der Waals surface area contributed by atoms with E-state index in [9.17, 15) is 9.59 Å². The SMILES string of the molecule is CCCCCCCCCCCCCCCCCC(=O)OC(=O)ON. The number of unbranched alkanes of at least 4 members (excludes halogenated alkanes) is 14. The zero-order valence-electron chi connectivity index (χ0n) is 15.5. The van der Waals surface area contributed by atoms with E-state index in [2.05, 4.69) is 22.4 Å². The molecule has 0 aromatic carbocycles. The summed E-state index contributed by atoms with van der Waals surface area (Å²) in [6, 6.07) is 0. The van der Waals surface area contributed by atoms with Crippen LogP contribution in [0.4, 0.5) is 4.79 Å². The van der Waals surface area contributed by atoms with Gasteiger partial charge in [0.1, 0.15) is 0 Å². The van der Waals surface area contributed by atoms with Crippen molar-refractivity contribution in [2.75, 3.05) is 0 Å². The normalized spacial score (nSPS) is 10.6. The molecule has 0 aliphatic heterocycles. The Balaban J connectivity index is 3.12. The lowest BCUT2D eigenvalue weighted by atomic mass is 10.0. The summed E-state index contributed by atoms with van der Waals surface area (Å²) in [6.07, 6.45) is 18.2. The van der Waals surface area contributed by atoms with Crippen LogP contribution in [0, 0.1) is 0 Å². The average molecular weight is 344 g/mol. The first-order valence-corrected chi connectivity index (χ1v) is 9.82. The lowest BCUT2D eigenvalue weighted by Gasteiger charge is -2.03. The first kappa shape index (κ1) is 22.9. The fraction of sp³-hybridized carbons (Fsp3) is 0.895. The van der Waals surface area contributed by atoms with Crippen molar-refractivity contribution in [3.63, 3.8) is 0 Å². The molecule has 0 saturated heterocycles. The van der Waals surface area contributed by atoms with Gasteiger partial charge in [0.05, 0.1) is 0 Å². The van der Waals surface area contributed by atoms with Crippen molar-refractivity contribution in [1.82, 2.24) is 0 Å². The highest BCUT2D eigenvalue weighted by Gasteiger charge is 2.09. The second-order valence-corrected chi connectivity index (χ2v) is 6.54. The van der Waals surface area contributed by atoms with Crippen LogP contribution in [0.25, 0.3) is 0 Å². The van der Waals surface area contributed by atoms with Crippen molar-refractivity contribution >= 4 is 12.1 Å². The van der Waals surface area contributed by atoms with Crippen LogP contribution in [-0.2, 0) is 14.4 Å². The highest BCUT2D eigenvalue weighted by molar-refractivity contribution is 5.81. The summed E-state index contributed by atoms with van der Waals surface area (Å²) in [5, 5.41) is 0. The van der Waals surface area contributed by atoms with Gasteiger partial charge in [-0.15, -0.1) is 0 Å². The maximum Gasteiger partial charge on any atom is 0.535 e. The van der Waals surface area contributed by atoms with E-state index in [1.54, 1.807) is 0 Å². The molecule has 0 spiro atoms. The Morgan fingerprint density at radius 1 is 0.667 bits per heavy atom. The minimum absolute atomic E-state index is 0.243. The maximum absolute atomic E-state index is 11.2. The molecule has 0 aliphatic carbocycles. The summed E-state index contributed by atoms with van der Waals surface area (Å²) in [5.74, 6) is 4.01. The third-order valence-electron chi connectivity index (χ3n) is 4.28. The molecular weight excluding hydrogens is 306 g/mol. The van der Waals surface area contributed by atoms with Crippen LogP contribution >= 0.6 is 0 Å². The molecule has 0 aromatic rings. The Hall–Kier alpha value is -1.10. The molecule has 5 nitrogen and oxygen atoms in total. The lowest BCUT2D eigenvalue weighted by molar-refractivity contribution is -0.140. The van der Waals surface area contributed by atoms with Crippen LogP contribution in [0.5, 0.6) is 0 Å². The van der Waals surface area contributed by atoms with Gasteiger partial charge in [-0.1, -0.05) is 96.8 Å². The minimum atomic E-state index is -1.14. The second-order valence-electron chi connectivity index (χ2n) is 6.54. The largest absolute Gasteiger partial charge is 0.535 e. The molecule has 0 unspecified atom stereocenters. The molecule has 0 heterocycles. The number of rotatable bonds is 16. The summed E-state index contributed by atoms with van der Waals surface area (Å²) in [7, 11) is 0. The molecule has 142 valence electrons. The number of carbonyl (C=O) groups excluding carboxylic acids is 2. The molecule has 0 aromatic heterocycles. The Morgan fingerprint density at radius 2 is 1.04 bits per heavy atom. The fourth-order valence-corrected chi connectivity index (χ4v) is 2.81. The van der Waals surface area contributed by atoms with Gasteiger partial charge in [-0.2, -0.15) is 5.90 Å². The molecule has 0 aliphatic rings. The summed E-state index contributed by atoms with van der Waals surface area (Å²) >= 11 is 0. The van der Waals surface area contributed by atoms with Gasteiger partial charge in [0, 0.05) is 6.42 Å². The Bertz CT molecular complexity index is 308. The van der Waals surface area contributed by atoms with Crippen molar-refractivity contribution in [2.24, 2.45) is 5.90 Å². The average Bonchev–Trinajstić information content (AvgIpc) is 2.58. The number of carbonyl (C=O) groups is 2. The fourth-order valence-electron chi connectivity index (χ4n) is 2.81. The third kappa shape index (κ3) is 17.3. The third-order valence-corrected chi connectivity index (χ3v) is 4.28. The van der Waals surface area contributed by atoms with Crippen LogP contribution < -0.4 is 5.90 Å². The first-order valence-electron chi connectivity index (χ1n) is 9.82. The Morgan fingerprint density at radius 3 is 1.42 bits per heavy atom. The lowest BCUT2D eigenvalue weighted by Crippen LogP contribution is -2.16. The van der Waals surface area contributed by atoms with Crippen molar-refractivity contribution in [3.05, 3.63) is 0 Å². The highest BCUT2D eigenvalue weighted by Crippen LogP contribution is 2.13.